The van der Waals surface area contributed by atoms with Crippen LogP contribution in [0.25, 0.3) is 16.9 Å². The Labute approximate surface area is 185 Å². The van der Waals surface area contributed by atoms with Crippen LogP contribution in [0.3, 0.4) is 0 Å². The van der Waals surface area contributed by atoms with Crippen LogP contribution in [0.4, 0.5) is 5.69 Å². The molecule has 1 N–H and O–H groups in total. The number of aryl methyl sites for hydroxylation is 1. The van der Waals surface area contributed by atoms with Crippen LogP contribution in [-0.4, -0.2) is 38.5 Å². The Morgan fingerprint density at radius 3 is 2.28 bits per heavy atom. The van der Waals surface area contributed by atoms with E-state index in [-0.39, 0.29) is 17.3 Å². The number of rotatable bonds is 6. The minimum absolute atomic E-state index is 0.0528. The second-order valence-corrected chi connectivity index (χ2v) is 7.12. The fourth-order valence-electron chi connectivity index (χ4n) is 3.50. The van der Waals surface area contributed by atoms with Crippen LogP contribution in [-0.2, 0) is 11.3 Å². The zero-order valence-corrected chi connectivity index (χ0v) is 18.1. The number of para-hydroxylation sites is 1. The number of nitrogens with one attached hydrogen (secondary N) is 1. The summed E-state index contributed by atoms with van der Waals surface area (Å²) in [6.07, 6.45) is 1.61. The van der Waals surface area contributed by atoms with Crippen molar-refractivity contribution in [3.63, 3.8) is 0 Å². The van der Waals surface area contributed by atoms with E-state index in [1.54, 1.807) is 15.6 Å². The summed E-state index contributed by atoms with van der Waals surface area (Å²) < 4.78 is 8.13. The van der Waals surface area contributed by atoms with E-state index in [1.807, 2.05) is 74.5 Å². The van der Waals surface area contributed by atoms with E-state index < -0.39 is 5.97 Å². The highest BCUT2D eigenvalue weighted by Crippen LogP contribution is 2.28. The predicted molar refractivity (Wildman–Crippen MR) is 121 cm³/mol. The van der Waals surface area contributed by atoms with E-state index in [2.05, 4.69) is 10.4 Å². The molecule has 0 bridgehead atoms. The second-order valence-electron chi connectivity index (χ2n) is 7.12. The summed E-state index contributed by atoms with van der Waals surface area (Å²) in [5.41, 5.74) is 3.64. The maximum Gasteiger partial charge on any atom is 0.360 e. The van der Waals surface area contributed by atoms with Gasteiger partial charge in [0.15, 0.2) is 5.69 Å². The van der Waals surface area contributed by atoms with Crippen molar-refractivity contribution in [3.8, 4) is 16.9 Å². The Morgan fingerprint density at radius 2 is 1.66 bits per heavy atom. The molecule has 0 saturated carbocycles. The first-order valence-corrected chi connectivity index (χ1v) is 10.2. The zero-order chi connectivity index (χ0) is 22.7. The quantitative estimate of drug-likeness (QED) is 0.466. The molecule has 1 amide bonds. The molecule has 0 spiro atoms. The highest BCUT2D eigenvalue weighted by Gasteiger charge is 2.26. The first-order chi connectivity index (χ1) is 15.5. The summed E-state index contributed by atoms with van der Waals surface area (Å²) in [6.45, 7) is 4.28. The molecule has 0 fully saturated rings. The molecule has 2 heterocycles. The first kappa shape index (κ1) is 21.0. The van der Waals surface area contributed by atoms with Gasteiger partial charge in [0.2, 0.25) is 0 Å². The lowest BCUT2D eigenvalue weighted by atomic mass is 10.1. The molecule has 0 aliphatic heterocycles. The number of amides is 1. The average molecular weight is 429 g/mol. The summed E-state index contributed by atoms with van der Waals surface area (Å²) in [5, 5.41) is 11.8. The van der Waals surface area contributed by atoms with Gasteiger partial charge in [-0.1, -0.05) is 48.5 Å². The molecule has 0 aliphatic rings. The fraction of sp³-hybridized carbons (Fsp3) is 0.167. The normalized spacial score (nSPS) is 10.7. The van der Waals surface area contributed by atoms with Gasteiger partial charge in [0, 0.05) is 18.3 Å². The lowest BCUT2D eigenvalue weighted by Crippen LogP contribution is -2.16. The zero-order valence-electron chi connectivity index (χ0n) is 18.1. The van der Waals surface area contributed by atoms with Crippen molar-refractivity contribution in [3.05, 3.63) is 83.8 Å². The summed E-state index contributed by atoms with van der Waals surface area (Å²) >= 11 is 0. The molecule has 0 aliphatic carbocycles. The van der Waals surface area contributed by atoms with Crippen LogP contribution < -0.4 is 5.32 Å². The van der Waals surface area contributed by atoms with Crippen LogP contribution in [0.2, 0.25) is 0 Å². The van der Waals surface area contributed by atoms with Gasteiger partial charge in [-0.05, 0) is 26.0 Å². The maximum atomic E-state index is 13.5. The van der Waals surface area contributed by atoms with Gasteiger partial charge in [-0.3, -0.25) is 9.48 Å². The van der Waals surface area contributed by atoms with Crippen LogP contribution in [0.15, 0.2) is 66.9 Å². The van der Waals surface area contributed by atoms with E-state index >= 15 is 0 Å². The minimum atomic E-state index is -0.618. The van der Waals surface area contributed by atoms with Gasteiger partial charge >= 0.3 is 5.97 Å². The van der Waals surface area contributed by atoms with Crippen LogP contribution in [0, 0.1) is 6.92 Å². The van der Waals surface area contributed by atoms with Gasteiger partial charge in [0.25, 0.3) is 5.91 Å². The number of ether oxygens (including phenoxy) is 1. The van der Waals surface area contributed by atoms with E-state index in [0.29, 0.717) is 23.5 Å². The molecule has 0 unspecified atom stereocenters. The molecule has 2 aromatic heterocycles. The van der Waals surface area contributed by atoms with Crippen molar-refractivity contribution >= 4 is 17.6 Å². The van der Waals surface area contributed by atoms with Crippen LogP contribution in [0.1, 0.15) is 33.5 Å². The Balaban J connectivity index is 1.81. The van der Waals surface area contributed by atoms with E-state index in [0.717, 1.165) is 11.3 Å². The summed E-state index contributed by atoms with van der Waals surface area (Å²) in [6, 6.07) is 19.1. The number of benzene rings is 2. The molecule has 8 heteroatoms. The highest BCUT2D eigenvalue weighted by molar-refractivity contribution is 6.11. The summed E-state index contributed by atoms with van der Waals surface area (Å²) in [5.74, 6) is -1.00. The largest absolute Gasteiger partial charge is 0.464 e. The Hall–Kier alpha value is -4.20. The molecule has 2 aromatic carbocycles. The topological polar surface area (TPSA) is 91.0 Å². The number of carbonyl (C=O) groups excluding carboxylic acids is 2. The van der Waals surface area contributed by atoms with Gasteiger partial charge in [-0.2, -0.15) is 10.2 Å². The van der Waals surface area contributed by atoms with E-state index in [9.17, 15) is 9.59 Å². The fourth-order valence-corrected chi connectivity index (χ4v) is 3.50. The van der Waals surface area contributed by atoms with E-state index in [4.69, 9.17) is 9.84 Å². The summed E-state index contributed by atoms with van der Waals surface area (Å²) in [7, 11) is 1.28. The number of anilines is 1. The molecular weight excluding hydrogens is 406 g/mol. The third-order valence-corrected chi connectivity index (χ3v) is 5.10. The highest BCUT2D eigenvalue weighted by atomic mass is 16.5. The number of nitrogens with zero attached hydrogens (tertiary/aromatic N) is 4. The van der Waals surface area contributed by atoms with Gasteiger partial charge < -0.3 is 10.1 Å². The Kier molecular flexibility index (Phi) is 5.85. The number of hydrogen-bond donors (Lipinski definition) is 1. The molecule has 162 valence electrons. The molecule has 4 rings (SSSR count). The number of carbonyl (C=O) groups is 2. The molecule has 32 heavy (non-hydrogen) atoms. The van der Waals surface area contributed by atoms with Crippen LogP contribution in [0.5, 0.6) is 0 Å². The standard InChI is InChI=1S/C24H23N5O3/c1-4-28-15-19(22(26-28)24(31)32-3)25-23(30)20-16(2)29(18-13-9-6-10-14-18)27-21(20)17-11-7-5-8-12-17/h5-15H,4H2,1-3H3,(H,25,30). The van der Waals surface area contributed by atoms with Crippen molar-refractivity contribution in [2.24, 2.45) is 0 Å². The Morgan fingerprint density at radius 1 is 1.00 bits per heavy atom. The van der Waals surface area contributed by atoms with Gasteiger partial charge in [0.1, 0.15) is 5.69 Å². The smallest absolute Gasteiger partial charge is 0.360 e. The molecule has 8 nitrogen and oxygen atoms in total. The molecule has 0 radical (unpaired) electrons. The van der Waals surface area contributed by atoms with Crippen molar-refractivity contribution in [2.75, 3.05) is 12.4 Å². The van der Waals surface area contributed by atoms with Crippen molar-refractivity contribution in [2.45, 2.75) is 20.4 Å². The van der Waals surface area contributed by atoms with Crippen molar-refractivity contribution in [1.29, 1.82) is 0 Å². The maximum absolute atomic E-state index is 13.5. The lowest BCUT2D eigenvalue weighted by Gasteiger charge is -2.07. The number of methoxy groups -OCH3 is 1. The lowest BCUT2D eigenvalue weighted by molar-refractivity contribution is 0.0594. The van der Waals surface area contributed by atoms with Crippen molar-refractivity contribution < 1.29 is 14.3 Å². The SMILES string of the molecule is CCn1cc(NC(=O)c2c(-c3ccccc3)nn(-c3ccccc3)c2C)c(C(=O)OC)n1. The number of aromatic nitrogens is 4. The number of hydrogen-bond acceptors (Lipinski definition) is 5. The molecule has 0 atom stereocenters. The molecule has 4 aromatic rings. The third kappa shape index (κ3) is 3.90. The van der Waals surface area contributed by atoms with Crippen LogP contribution >= 0.6 is 0 Å². The van der Waals surface area contributed by atoms with E-state index in [1.165, 1.54) is 7.11 Å². The monoisotopic (exact) mass is 429 g/mol. The average Bonchev–Trinajstić information content (AvgIpc) is 3.40. The van der Waals surface area contributed by atoms with Gasteiger partial charge in [0.05, 0.1) is 29.7 Å². The predicted octanol–water partition coefficient (Wildman–Crippen LogP) is 4.10. The molecule has 0 saturated heterocycles. The minimum Gasteiger partial charge on any atom is -0.464 e. The van der Waals surface area contributed by atoms with Gasteiger partial charge in [-0.15, -0.1) is 0 Å². The summed E-state index contributed by atoms with van der Waals surface area (Å²) in [4.78, 5) is 25.6. The second kappa shape index (κ2) is 8.89. The third-order valence-electron chi connectivity index (χ3n) is 5.10. The Bertz CT molecular complexity index is 1260. The molecular formula is C24H23N5O3. The number of esters is 1. The first-order valence-electron chi connectivity index (χ1n) is 10.2. The van der Waals surface area contributed by atoms with Gasteiger partial charge in [-0.25, -0.2) is 9.48 Å². The van der Waals surface area contributed by atoms with Crippen molar-refractivity contribution in [1.82, 2.24) is 19.6 Å².